The van der Waals surface area contributed by atoms with Gasteiger partial charge in [0.25, 0.3) is 5.91 Å². The summed E-state index contributed by atoms with van der Waals surface area (Å²) in [5.41, 5.74) is 0.437. The summed E-state index contributed by atoms with van der Waals surface area (Å²) in [5.74, 6) is 1.97. The third-order valence-electron chi connectivity index (χ3n) is 3.93. The first-order chi connectivity index (χ1) is 10.8. The average Bonchev–Trinajstić information content (AvgIpc) is 2.91. The zero-order valence-corrected chi connectivity index (χ0v) is 13.4. The van der Waals surface area contributed by atoms with Gasteiger partial charge in [-0.3, -0.25) is 9.59 Å². The minimum atomic E-state index is -0.812. The van der Waals surface area contributed by atoms with E-state index < -0.39 is 5.60 Å². The molecule has 3 rings (SSSR count). The third kappa shape index (κ3) is 3.13. The highest BCUT2D eigenvalue weighted by Crippen LogP contribution is 2.31. The van der Waals surface area contributed by atoms with Crippen molar-refractivity contribution in [2.75, 3.05) is 0 Å². The van der Waals surface area contributed by atoms with E-state index in [1.54, 1.807) is 32.0 Å². The van der Waals surface area contributed by atoms with Crippen molar-refractivity contribution in [3.8, 4) is 5.75 Å². The van der Waals surface area contributed by atoms with Crippen LogP contribution in [-0.4, -0.2) is 17.3 Å². The number of carbonyl (C=O) groups is 2. The monoisotopic (exact) mass is 313 g/mol. The highest BCUT2D eigenvalue weighted by atomic mass is 16.5. The van der Waals surface area contributed by atoms with E-state index >= 15 is 0 Å². The summed E-state index contributed by atoms with van der Waals surface area (Å²) in [6.45, 7) is 5.69. The molecule has 0 atom stereocenters. The fourth-order valence-electron chi connectivity index (χ4n) is 2.53. The molecule has 0 radical (unpaired) electrons. The summed E-state index contributed by atoms with van der Waals surface area (Å²) in [4.78, 5) is 24.3. The maximum atomic E-state index is 12.2. The largest absolute Gasteiger partial charge is 0.480 e. The fourth-order valence-corrected chi connectivity index (χ4v) is 2.53. The van der Waals surface area contributed by atoms with Crippen molar-refractivity contribution in [1.29, 1.82) is 0 Å². The number of ether oxygens (including phenoxy) is 1. The second-order valence-corrected chi connectivity index (χ2v) is 6.23. The Kier molecular flexibility index (Phi) is 3.72. The number of hydrogen-bond donors (Lipinski definition) is 1. The molecule has 1 aliphatic rings. The van der Waals surface area contributed by atoms with Gasteiger partial charge in [0, 0.05) is 17.5 Å². The maximum Gasteiger partial charge on any atom is 0.251 e. The molecule has 0 aliphatic carbocycles. The van der Waals surface area contributed by atoms with Crippen LogP contribution < -0.4 is 10.1 Å². The molecule has 1 amide bonds. The third-order valence-corrected chi connectivity index (χ3v) is 3.93. The number of carbonyl (C=O) groups excluding carboxylic acids is 2. The number of nitrogens with one attached hydrogen (secondary N) is 1. The Labute approximate surface area is 134 Å². The van der Waals surface area contributed by atoms with E-state index in [0.717, 1.165) is 11.3 Å². The zero-order chi connectivity index (χ0) is 16.6. The average molecular weight is 313 g/mol. The molecule has 1 aliphatic heterocycles. The highest BCUT2D eigenvalue weighted by Gasteiger charge is 2.35. The van der Waals surface area contributed by atoms with Gasteiger partial charge in [-0.2, -0.15) is 0 Å². The van der Waals surface area contributed by atoms with Gasteiger partial charge in [-0.1, -0.05) is 0 Å². The number of benzene rings is 1. The van der Waals surface area contributed by atoms with E-state index in [1.165, 1.54) is 0 Å². The lowest BCUT2D eigenvalue weighted by atomic mass is 9.92. The quantitative estimate of drug-likeness (QED) is 0.946. The summed E-state index contributed by atoms with van der Waals surface area (Å²) < 4.78 is 11.1. The molecule has 1 N–H and O–H groups in total. The number of amides is 1. The Morgan fingerprint density at radius 3 is 2.74 bits per heavy atom. The summed E-state index contributed by atoms with van der Waals surface area (Å²) >= 11 is 0. The van der Waals surface area contributed by atoms with E-state index in [1.807, 2.05) is 19.1 Å². The number of aryl methyl sites for hydroxylation is 1. The molecule has 1 aromatic heterocycles. The molecule has 0 saturated heterocycles. The first-order valence-corrected chi connectivity index (χ1v) is 7.54. The minimum absolute atomic E-state index is 0.00798. The highest BCUT2D eigenvalue weighted by molar-refractivity contribution is 5.96. The topological polar surface area (TPSA) is 68.5 Å². The minimum Gasteiger partial charge on any atom is -0.480 e. The Hall–Kier alpha value is -2.56. The van der Waals surface area contributed by atoms with Crippen LogP contribution in [0.4, 0.5) is 0 Å². The lowest BCUT2D eigenvalue weighted by Crippen LogP contribution is -2.42. The van der Waals surface area contributed by atoms with Crippen LogP contribution in [-0.2, 0) is 17.8 Å². The predicted octanol–water partition coefficient (Wildman–Crippen LogP) is 2.80. The molecule has 5 nitrogen and oxygen atoms in total. The van der Waals surface area contributed by atoms with Crippen molar-refractivity contribution >= 4 is 11.7 Å². The van der Waals surface area contributed by atoms with Gasteiger partial charge in [-0.25, -0.2) is 0 Å². The van der Waals surface area contributed by atoms with Gasteiger partial charge in [-0.15, -0.1) is 0 Å². The van der Waals surface area contributed by atoms with Gasteiger partial charge >= 0.3 is 0 Å². The number of Topliss-reactive ketones (excluding diaryl/α,β-unsaturated/α-hetero) is 1. The standard InChI is InChI=1S/C18H19NO4/c1-11-4-6-14(22-11)10-19-17(21)12-5-7-15-13(8-12)9-16(20)18(2,3)23-15/h4-8H,9-10H2,1-3H3,(H,19,21). The Morgan fingerprint density at radius 1 is 1.26 bits per heavy atom. The van der Waals surface area contributed by atoms with Crippen LogP contribution in [0, 0.1) is 6.92 Å². The van der Waals surface area contributed by atoms with Crippen molar-refractivity contribution in [1.82, 2.24) is 5.32 Å². The SMILES string of the molecule is Cc1ccc(CNC(=O)c2ccc3c(c2)CC(=O)C(C)(C)O3)o1. The molecule has 0 unspecified atom stereocenters. The lowest BCUT2D eigenvalue weighted by molar-refractivity contribution is -0.132. The van der Waals surface area contributed by atoms with Crippen LogP contribution in [0.5, 0.6) is 5.75 Å². The van der Waals surface area contributed by atoms with Crippen LogP contribution >= 0.6 is 0 Å². The van der Waals surface area contributed by atoms with Gasteiger partial charge in [0.1, 0.15) is 17.3 Å². The Balaban J connectivity index is 1.73. The molecule has 2 heterocycles. The smallest absolute Gasteiger partial charge is 0.251 e. The molecule has 2 aromatic rings. The van der Waals surface area contributed by atoms with E-state index in [9.17, 15) is 9.59 Å². The Bertz CT molecular complexity index is 773. The molecule has 1 aromatic carbocycles. The summed E-state index contributed by atoms with van der Waals surface area (Å²) in [5, 5.41) is 2.80. The predicted molar refractivity (Wildman–Crippen MR) is 84.5 cm³/mol. The molecule has 0 bridgehead atoms. The van der Waals surface area contributed by atoms with Crippen LogP contribution in [0.1, 0.15) is 41.3 Å². The van der Waals surface area contributed by atoms with Gasteiger partial charge in [0.2, 0.25) is 0 Å². The van der Waals surface area contributed by atoms with Gasteiger partial charge < -0.3 is 14.5 Å². The van der Waals surface area contributed by atoms with Crippen LogP contribution in [0.15, 0.2) is 34.7 Å². The molecule has 0 fully saturated rings. The number of furan rings is 1. The van der Waals surface area contributed by atoms with Gasteiger partial charge in [0.15, 0.2) is 11.4 Å². The summed E-state index contributed by atoms with van der Waals surface area (Å²) in [6, 6.07) is 8.84. The second kappa shape index (κ2) is 5.57. The summed E-state index contributed by atoms with van der Waals surface area (Å²) in [7, 11) is 0. The van der Waals surface area contributed by atoms with E-state index in [4.69, 9.17) is 9.15 Å². The maximum absolute atomic E-state index is 12.2. The van der Waals surface area contributed by atoms with E-state index in [-0.39, 0.29) is 18.1 Å². The van der Waals surface area contributed by atoms with Crippen molar-refractivity contribution in [3.05, 3.63) is 53.0 Å². The van der Waals surface area contributed by atoms with E-state index in [0.29, 0.717) is 23.6 Å². The molecular formula is C18H19NO4. The fraction of sp³-hybridized carbons (Fsp3) is 0.333. The normalized spacial score (nSPS) is 15.7. The van der Waals surface area contributed by atoms with Crippen molar-refractivity contribution in [3.63, 3.8) is 0 Å². The van der Waals surface area contributed by atoms with E-state index in [2.05, 4.69) is 5.32 Å². The van der Waals surface area contributed by atoms with Crippen LogP contribution in [0.25, 0.3) is 0 Å². The second-order valence-electron chi connectivity index (χ2n) is 6.23. The summed E-state index contributed by atoms with van der Waals surface area (Å²) in [6.07, 6.45) is 0.279. The number of hydrogen-bond acceptors (Lipinski definition) is 4. The van der Waals surface area contributed by atoms with Crippen molar-refractivity contribution in [2.24, 2.45) is 0 Å². The molecular weight excluding hydrogens is 294 g/mol. The lowest BCUT2D eigenvalue weighted by Gasteiger charge is -2.31. The first kappa shape index (κ1) is 15.3. The van der Waals surface area contributed by atoms with Crippen molar-refractivity contribution < 1.29 is 18.7 Å². The zero-order valence-electron chi connectivity index (χ0n) is 13.4. The first-order valence-electron chi connectivity index (χ1n) is 7.54. The van der Waals surface area contributed by atoms with Crippen molar-refractivity contribution in [2.45, 2.75) is 39.3 Å². The molecule has 120 valence electrons. The number of fused-ring (bicyclic) bond motifs is 1. The van der Waals surface area contributed by atoms with Crippen LogP contribution in [0.2, 0.25) is 0 Å². The van der Waals surface area contributed by atoms with Gasteiger partial charge in [0.05, 0.1) is 6.54 Å². The molecule has 0 spiro atoms. The van der Waals surface area contributed by atoms with Crippen LogP contribution in [0.3, 0.4) is 0 Å². The van der Waals surface area contributed by atoms with Gasteiger partial charge in [-0.05, 0) is 51.1 Å². The number of rotatable bonds is 3. The molecule has 0 saturated carbocycles. The molecule has 5 heteroatoms. The molecule has 23 heavy (non-hydrogen) atoms. The Morgan fingerprint density at radius 2 is 2.04 bits per heavy atom. The number of ketones is 1.